The SMILES string of the molecule is CC(C)(C)OC(=O)Nc1ccccc1OBOc1ccccc1NC(=O)OC(C)(C)C. The third-order valence-electron chi connectivity index (χ3n) is 3.47. The number of amides is 2. The first-order valence-corrected chi connectivity index (χ1v) is 9.87. The highest BCUT2D eigenvalue weighted by Crippen LogP contribution is 2.27. The Kier molecular flexibility index (Phi) is 7.80. The maximum Gasteiger partial charge on any atom is 0.576 e. The summed E-state index contributed by atoms with van der Waals surface area (Å²) in [6.45, 7) is 10.7. The average molecular weight is 428 g/mol. The van der Waals surface area contributed by atoms with Crippen LogP contribution < -0.4 is 19.9 Å². The van der Waals surface area contributed by atoms with Crippen LogP contribution in [0.25, 0.3) is 0 Å². The molecule has 0 fully saturated rings. The Morgan fingerprint density at radius 3 is 1.39 bits per heavy atom. The summed E-state index contributed by atoms with van der Waals surface area (Å²) in [5.74, 6) is 0.817. The van der Waals surface area contributed by atoms with Crippen LogP contribution in [0.2, 0.25) is 0 Å². The van der Waals surface area contributed by atoms with Crippen molar-refractivity contribution in [1.82, 2.24) is 0 Å². The zero-order valence-corrected chi connectivity index (χ0v) is 18.8. The van der Waals surface area contributed by atoms with E-state index in [0.717, 1.165) is 0 Å². The first kappa shape index (κ1) is 23.9. The molecule has 0 spiro atoms. The number of anilines is 2. The molecule has 0 aliphatic carbocycles. The Morgan fingerprint density at radius 2 is 1.03 bits per heavy atom. The van der Waals surface area contributed by atoms with Gasteiger partial charge < -0.3 is 18.8 Å². The largest absolute Gasteiger partial charge is 0.576 e. The van der Waals surface area contributed by atoms with Crippen LogP contribution in [0, 0.1) is 0 Å². The predicted octanol–water partition coefficient (Wildman–Crippen LogP) is 5.10. The van der Waals surface area contributed by atoms with Gasteiger partial charge in [0, 0.05) is 0 Å². The molecule has 0 saturated heterocycles. The highest BCUT2D eigenvalue weighted by molar-refractivity contribution is 6.21. The molecule has 166 valence electrons. The van der Waals surface area contributed by atoms with Crippen LogP contribution in [0.1, 0.15) is 41.5 Å². The van der Waals surface area contributed by atoms with Crippen LogP contribution in [0.3, 0.4) is 0 Å². The van der Waals surface area contributed by atoms with Gasteiger partial charge in [-0.15, -0.1) is 0 Å². The van der Waals surface area contributed by atoms with Crippen molar-refractivity contribution in [2.24, 2.45) is 0 Å². The zero-order valence-electron chi connectivity index (χ0n) is 18.8. The summed E-state index contributed by atoms with van der Waals surface area (Å²) in [4.78, 5) is 24.1. The molecule has 0 saturated carbocycles. The van der Waals surface area contributed by atoms with Crippen LogP contribution >= 0.6 is 0 Å². The fraction of sp³-hybridized carbons (Fsp3) is 0.364. The molecule has 0 aliphatic heterocycles. The van der Waals surface area contributed by atoms with Gasteiger partial charge in [-0.05, 0) is 65.8 Å². The first-order chi connectivity index (χ1) is 14.4. The lowest BCUT2D eigenvalue weighted by Crippen LogP contribution is -2.27. The molecule has 0 aliphatic rings. The number of rotatable bonds is 6. The van der Waals surface area contributed by atoms with Gasteiger partial charge in [0.05, 0.1) is 11.4 Å². The number of para-hydroxylation sites is 4. The zero-order chi connectivity index (χ0) is 23.1. The Balaban J connectivity index is 1.99. The van der Waals surface area contributed by atoms with Crippen molar-refractivity contribution in [3.63, 3.8) is 0 Å². The molecular weight excluding hydrogens is 399 g/mol. The summed E-state index contributed by atoms with van der Waals surface area (Å²) in [6, 6.07) is 13.8. The van der Waals surface area contributed by atoms with Crippen molar-refractivity contribution >= 4 is 31.2 Å². The average Bonchev–Trinajstić information content (AvgIpc) is 2.61. The highest BCUT2D eigenvalue weighted by Gasteiger charge is 2.19. The van der Waals surface area contributed by atoms with E-state index in [1.165, 1.54) is 0 Å². The molecule has 2 N–H and O–H groups in total. The van der Waals surface area contributed by atoms with Gasteiger partial charge in [0.15, 0.2) is 0 Å². The van der Waals surface area contributed by atoms with Crippen LogP contribution in [0.5, 0.6) is 11.5 Å². The van der Waals surface area contributed by atoms with Crippen molar-refractivity contribution in [3.8, 4) is 11.5 Å². The lowest BCUT2D eigenvalue weighted by molar-refractivity contribution is 0.0624. The predicted molar refractivity (Wildman–Crippen MR) is 121 cm³/mol. The van der Waals surface area contributed by atoms with Crippen LogP contribution in [-0.4, -0.2) is 31.1 Å². The minimum absolute atomic E-state index is 0.153. The minimum Gasteiger partial charge on any atom is -0.527 e. The molecule has 0 unspecified atom stereocenters. The molecule has 0 aromatic heterocycles. The number of carbonyl (C=O) groups excluding carboxylic acids is 2. The Labute approximate surface area is 183 Å². The second kappa shape index (κ2) is 10.1. The van der Waals surface area contributed by atoms with E-state index in [1.807, 2.05) is 0 Å². The standard InChI is InChI=1S/C22H29BN2O6/c1-21(2,3)28-19(26)24-15-11-7-9-13-17(15)30-23-31-18-14-10-8-12-16(18)25-20(27)29-22(4,5)6/h7-14,23H,1-6H3,(H,24,26)(H,25,27). The first-order valence-electron chi connectivity index (χ1n) is 9.87. The van der Waals surface area contributed by atoms with E-state index in [-0.39, 0.29) is 7.69 Å². The quantitative estimate of drug-likeness (QED) is 0.622. The molecule has 0 atom stereocenters. The van der Waals surface area contributed by atoms with Crippen molar-refractivity contribution in [2.45, 2.75) is 52.7 Å². The second-order valence-corrected chi connectivity index (χ2v) is 8.65. The van der Waals surface area contributed by atoms with E-state index in [4.69, 9.17) is 18.8 Å². The third kappa shape index (κ3) is 8.90. The lowest BCUT2D eigenvalue weighted by Gasteiger charge is -2.21. The van der Waals surface area contributed by atoms with E-state index < -0.39 is 23.4 Å². The fourth-order valence-corrected chi connectivity index (χ4v) is 2.38. The van der Waals surface area contributed by atoms with E-state index >= 15 is 0 Å². The van der Waals surface area contributed by atoms with Gasteiger partial charge in [-0.2, -0.15) is 0 Å². The molecule has 9 heteroatoms. The fourth-order valence-electron chi connectivity index (χ4n) is 2.38. The van der Waals surface area contributed by atoms with E-state index in [0.29, 0.717) is 22.9 Å². The molecule has 0 radical (unpaired) electrons. The summed E-state index contributed by atoms with van der Waals surface area (Å²) in [5, 5.41) is 5.32. The Morgan fingerprint density at radius 1 is 0.677 bits per heavy atom. The molecule has 2 rings (SSSR count). The van der Waals surface area contributed by atoms with Gasteiger partial charge in [0.25, 0.3) is 0 Å². The number of benzene rings is 2. The monoisotopic (exact) mass is 428 g/mol. The van der Waals surface area contributed by atoms with Gasteiger partial charge in [-0.1, -0.05) is 24.3 Å². The van der Waals surface area contributed by atoms with Crippen LogP contribution in [0.4, 0.5) is 21.0 Å². The molecule has 31 heavy (non-hydrogen) atoms. The molecule has 0 heterocycles. The second-order valence-electron chi connectivity index (χ2n) is 8.65. The Hall–Kier alpha value is -3.36. The topological polar surface area (TPSA) is 95.1 Å². The molecule has 2 amide bonds. The summed E-state index contributed by atoms with van der Waals surface area (Å²) in [6.07, 6.45) is -1.17. The third-order valence-corrected chi connectivity index (χ3v) is 3.47. The number of nitrogens with one attached hydrogen (secondary N) is 2. The summed E-state index contributed by atoms with van der Waals surface area (Å²) in [7, 11) is -0.153. The summed E-state index contributed by atoms with van der Waals surface area (Å²) < 4.78 is 21.9. The maximum absolute atomic E-state index is 12.0. The van der Waals surface area contributed by atoms with E-state index in [9.17, 15) is 9.59 Å². The number of carbonyl (C=O) groups is 2. The molecular formula is C22H29BN2O6. The number of hydrogen-bond acceptors (Lipinski definition) is 6. The van der Waals surface area contributed by atoms with Crippen molar-refractivity contribution in [2.75, 3.05) is 10.6 Å². The minimum atomic E-state index is -0.617. The van der Waals surface area contributed by atoms with E-state index in [1.54, 1.807) is 90.1 Å². The van der Waals surface area contributed by atoms with Gasteiger partial charge in [-0.25, -0.2) is 9.59 Å². The normalized spacial score (nSPS) is 11.2. The molecule has 8 nitrogen and oxygen atoms in total. The van der Waals surface area contributed by atoms with Crippen molar-refractivity contribution < 1.29 is 28.4 Å². The highest BCUT2D eigenvalue weighted by atomic mass is 16.6. The summed E-state index contributed by atoms with van der Waals surface area (Å²) >= 11 is 0. The van der Waals surface area contributed by atoms with Crippen LogP contribution in [0.15, 0.2) is 48.5 Å². The lowest BCUT2D eigenvalue weighted by atomic mass is 10.2. The van der Waals surface area contributed by atoms with Gasteiger partial charge in [0.1, 0.15) is 22.7 Å². The van der Waals surface area contributed by atoms with Gasteiger partial charge in [-0.3, -0.25) is 10.6 Å². The van der Waals surface area contributed by atoms with E-state index in [2.05, 4.69) is 10.6 Å². The molecule has 0 bridgehead atoms. The maximum atomic E-state index is 12.0. The number of ether oxygens (including phenoxy) is 2. The summed E-state index contributed by atoms with van der Waals surface area (Å²) in [5.41, 5.74) is -0.345. The van der Waals surface area contributed by atoms with Crippen molar-refractivity contribution in [3.05, 3.63) is 48.5 Å². The smallest absolute Gasteiger partial charge is 0.527 e. The Bertz CT molecular complexity index is 832. The van der Waals surface area contributed by atoms with Crippen LogP contribution in [-0.2, 0) is 9.47 Å². The van der Waals surface area contributed by atoms with Gasteiger partial charge >= 0.3 is 19.9 Å². The van der Waals surface area contributed by atoms with Gasteiger partial charge in [0.2, 0.25) is 0 Å². The molecule has 2 aromatic carbocycles. The number of hydrogen-bond donors (Lipinski definition) is 2. The van der Waals surface area contributed by atoms with Crippen molar-refractivity contribution in [1.29, 1.82) is 0 Å². The molecule has 2 aromatic rings.